The molecule has 2 N–H and O–H groups in total. The molecule has 6 nitrogen and oxygen atoms in total. The highest BCUT2D eigenvalue weighted by atomic mass is 32.1. The highest BCUT2D eigenvalue weighted by Gasteiger charge is 2.30. The summed E-state index contributed by atoms with van der Waals surface area (Å²) in [7, 11) is 0. The number of primary amides is 1. The minimum atomic E-state index is -0.397. The average Bonchev–Trinajstić information content (AvgIpc) is 3.13. The van der Waals surface area contributed by atoms with Crippen LogP contribution in [0.3, 0.4) is 0 Å². The molecule has 150 valence electrons. The first kappa shape index (κ1) is 19.3. The summed E-state index contributed by atoms with van der Waals surface area (Å²) in [6, 6.07) is 3.91. The number of hydrogen-bond donors (Lipinski definition) is 1. The van der Waals surface area contributed by atoms with E-state index < -0.39 is 5.91 Å². The predicted molar refractivity (Wildman–Crippen MR) is 112 cm³/mol. The van der Waals surface area contributed by atoms with Gasteiger partial charge in [0.15, 0.2) is 0 Å². The van der Waals surface area contributed by atoms with E-state index in [2.05, 4.69) is 9.88 Å². The second-order valence-electron chi connectivity index (χ2n) is 7.90. The van der Waals surface area contributed by atoms with Gasteiger partial charge < -0.3 is 15.5 Å². The number of piperidine rings is 2. The van der Waals surface area contributed by atoms with E-state index in [-0.39, 0.29) is 11.8 Å². The summed E-state index contributed by atoms with van der Waals surface area (Å²) in [4.78, 5) is 35.1. The van der Waals surface area contributed by atoms with Crippen LogP contribution in [0, 0.1) is 0 Å². The molecule has 2 aromatic rings. The van der Waals surface area contributed by atoms with E-state index >= 15 is 0 Å². The van der Waals surface area contributed by atoms with Gasteiger partial charge in [-0.05, 0) is 50.4 Å². The van der Waals surface area contributed by atoms with Crippen LogP contribution in [0.1, 0.15) is 59.7 Å². The molecule has 28 heavy (non-hydrogen) atoms. The minimum absolute atomic E-state index is 0.146. The van der Waals surface area contributed by atoms with E-state index in [4.69, 9.17) is 5.73 Å². The van der Waals surface area contributed by atoms with Crippen molar-refractivity contribution in [3.63, 3.8) is 0 Å². The number of nitrogens with two attached hydrogens (primary N) is 1. The first-order valence-electron chi connectivity index (χ1n) is 10.3. The van der Waals surface area contributed by atoms with Crippen molar-refractivity contribution in [1.82, 2.24) is 14.8 Å². The van der Waals surface area contributed by atoms with E-state index in [1.54, 1.807) is 6.20 Å². The highest BCUT2D eigenvalue weighted by molar-refractivity contribution is 7.20. The van der Waals surface area contributed by atoms with Crippen molar-refractivity contribution in [2.75, 3.05) is 32.7 Å². The zero-order valence-corrected chi connectivity index (χ0v) is 17.0. The summed E-state index contributed by atoms with van der Waals surface area (Å²) < 4.78 is 0. The van der Waals surface area contributed by atoms with Gasteiger partial charge in [-0.1, -0.05) is 12.5 Å². The summed E-state index contributed by atoms with van der Waals surface area (Å²) in [6.45, 7) is 4.57. The summed E-state index contributed by atoms with van der Waals surface area (Å²) in [5.74, 6) is -0.0201. The third kappa shape index (κ3) is 4.05. The number of carbonyl (C=O) groups is 2. The number of rotatable bonds is 5. The largest absolute Gasteiger partial charge is 0.365 e. The van der Waals surface area contributed by atoms with Gasteiger partial charge in [0.2, 0.25) is 5.91 Å². The lowest BCUT2D eigenvalue weighted by Crippen LogP contribution is -2.41. The molecule has 1 unspecified atom stereocenters. The number of hydrogen-bond acceptors (Lipinski definition) is 5. The predicted octanol–water partition coefficient (Wildman–Crippen LogP) is 2.98. The van der Waals surface area contributed by atoms with Crippen LogP contribution in [0.5, 0.6) is 0 Å². The van der Waals surface area contributed by atoms with Gasteiger partial charge in [-0.25, -0.2) is 4.98 Å². The summed E-state index contributed by atoms with van der Waals surface area (Å²) in [5.41, 5.74) is 6.66. The molecular formula is C21H28N4O2S. The fourth-order valence-corrected chi connectivity index (χ4v) is 5.66. The lowest BCUT2D eigenvalue weighted by Gasteiger charge is -2.34. The molecule has 2 amide bonds. The first-order chi connectivity index (χ1) is 13.6. The Morgan fingerprint density at radius 2 is 2.00 bits per heavy atom. The molecule has 7 heteroatoms. The van der Waals surface area contributed by atoms with Crippen molar-refractivity contribution in [1.29, 1.82) is 0 Å². The van der Waals surface area contributed by atoms with Gasteiger partial charge in [0.1, 0.15) is 4.83 Å². The van der Waals surface area contributed by atoms with Gasteiger partial charge in [-0.15, -0.1) is 11.3 Å². The second-order valence-corrected chi connectivity index (χ2v) is 8.90. The molecule has 2 aromatic heterocycles. The van der Waals surface area contributed by atoms with E-state index in [9.17, 15) is 9.59 Å². The van der Waals surface area contributed by atoms with Gasteiger partial charge in [-0.2, -0.15) is 0 Å². The Morgan fingerprint density at radius 3 is 2.79 bits per heavy atom. The third-order valence-corrected chi connectivity index (χ3v) is 7.15. The Labute approximate surface area is 169 Å². The number of aromatic nitrogens is 1. The maximum atomic E-state index is 12.8. The molecule has 0 aliphatic carbocycles. The Bertz CT molecular complexity index is 859. The summed E-state index contributed by atoms with van der Waals surface area (Å²) in [6.07, 6.45) is 8.05. The van der Waals surface area contributed by atoms with E-state index in [0.717, 1.165) is 54.8 Å². The van der Waals surface area contributed by atoms with E-state index in [1.165, 1.54) is 30.6 Å². The van der Waals surface area contributed by atoms with Crippen molar-refractivity contribution in [3.8, 4) is 0 Å². The Hall–Kier alpha value is -1.99. The van der Waals surface area contributed by atoms with Crippen molar-refractivity contribution >= 4 is 33.4 Å². The van der Waals surface area contributed by atoms with Crippen LogP contribution >= 0.6 is 11.3 Å². The number of nitrogens with zero attached hydrogens (tertiary/aromatic N) is 3. The number of thiophene rings is 1. The maximum Gasteiger partial charge on any atom is 0.259 e. The average molecular weight is 401 g/mol. The van der Waals surface area contributed by atoms with Crippen LogP contribution in [0.15, 0.2) is 18.3 Å². The van der Waals surface area contributed by atoms with Crippen molar-refractivity contribution in [3.05, 3.63) is 28.8 Å². The fraction of sp³-hybridized carbons (Fsp3) is 0.571. The van der Waals surface area contributed by atoms with Crippen LogP contribution in [0.2, 0.25) is 0 Å². The number of fused-ring (bicyclic) bond motifs is 1. The molecular weight excluding hydrogens is 372 g/mol. The number of pyridine rings is 1. The highest BCUT2D eigenvalue weighted by Crippen LogP contribution is 2.39. The fourth-order valence-electron chi connectivity index (χ4n) is 4.57. The van der Waals surface area contributed by atoms with Crippen molar-refractivity contribution in [2.24, 2.45) is 5.73 Å². The van der Waals surface area contributed by atoms with Crippen LogP contribution in [-0.4, -0.2) is 59.3 Å². The van der Waals surface area contributed by atoms with Gasteiger partial charge in [-0.3, -0.25) is 9.59 Å². The molecule has 0 bridgehead atoms. The molecule has 2 aliphatic rings. The van der Waals surface area contributed by atoms with Crippen LogP contribution in [0.4, 0.5) is 0 Å². The Balaban J connectivity index is 1.48. The molecule has 2 saturated heterocycles. The normalized spacial score (nSPS) is 21.1. The Morgan fingerprint density at radius 1 is 1.18 bits per heavy atom. The molecule has 1 atom stereocenters. The van der Waals surface area contributed by atoms with E-state index in [1.807, 2.05) is 17.0 Å². The Kier molecular flexibility index (Phi) is 5.92. The van der Waals surface area contributed by atoms with Crippen molar-refractivity contribution < 1.29 is 9.59 Å². The van der Waals surface area contributed by atoms with Crippen LogP contribution in [0.25, 0.3) is 10.2 Å². The van der Waals surface area contributed by atoms with Crippen molar-refractivity contribution in [2.45, 2.75) is 44.4 Å². The van der Waals surface area contributed by atoms with Crippen LogP contribution in [-0.2, 0) is 4.79 Å². The molecule has 0 aromatic carbocycles. The molecule has 0 radical (unpaired) electrons. The number of carbonyl (C=O) groups excluding carboxylic acids is 2. The molecule has 4 heterocycles. The lowest BCUT2D eigenvalue weighted by molar-refractivity contribution is -0.132. The second kappa shape index (κ2) is 8.57. The molecule has 4 rings (SSSR count). The molecule has 0 spiro atoms. The number of likely N-dealkylation sites (tertiary alicyclic amines) is 2. The third-order valence-electron chi connectivity index (χ3n) is 6.00. The van der Waals surface area contributed by atoms with Crippen LogP contribution < -0.4 is 5.73 Å². The van der Waals surface area contributed by atoms with E-state index in [0.29, 0.717) is 17.8 Å². The van der Waals surface area contributed by atoms with Gasteiger partial charge >= 0.3 is 0 Å². The SMILES string of the molecule is NC(=O)c1sc2ncccc2c1C1CCCN(C(=O)CCN2CCCCC2)C1. The zero-order valence-electron chi connectivity index (χ0n) is 16.2. The first-order valence-corrected chi connectivity index (χ1v) is 11.1. The lowest BCUT2D eigenvalue weighted by atomic mass is 9.88. The van der Waals surface area contributed by atoms with Gasteiger partial charge in [0, 0.05) is 43.6 Å². The molecule has 0 saturated carbocycles. The number of amides is 2. The standard InChI is InChI=1S/C21H28N4O2S/c22-20(27)19-18(16-7-4-9-23-21(16)28-19)15-6-5-12-25(14-15)17(26)8-13-24-10-2-1-3-11-24/h4,7,9,15H,1-3,5-6,8,10-14H2,(H2,22,27). The maximum absolute atomic E-state index is 12.8. The summed E-state index contributed by atoms with van der Waals surface area (Å²) in [5, 5.41) is 1.01. The minimum Gasteiger partial charge on any atom is -0.365 e. The monoisotopic (exact) mass is 400 g/mol. The molecule has 2 fully saturated rings. The topological polar surface area (TPSA) is 79.5 Å². The van der Waals surface area contributed by atoms with Gasteiger partial charge in [0.05, 0.1) is 4.88 Å². The smallest absolute Gasteiger partial charge is 0.259 e. The van der Waals surface area contributed by atoms with Gasteiger partial charge in [0.25, 0.3) is 5.91 Å². The quantitative estimate of drug-likeness (QED) is 0.837. The summed E-state index contributed by atoms with van der Waals surface area (Å²) >= 11 is 1.37. The zero-order chi connectivity index (χ0) is 19.5. The molecule has 2 aliphatic heterocycles.